The maximum Gasteiger partial charge on any atom is 0.266 e. The maximum atomic E-state index is 12.6. The molecule has 3 aromatic carbocycles. The zero-order valence-electron chi connectivity index (χ0n) is 18.2. The zero-order chi connectivity index (χ0) is 23.8. The van der Waals surface area contributed by atoms with Crippen LogP contribution in [0.2, 0.25) is 5.02 Å². The van der Waals surface area contributed by atoms with E-state index in [1.165, 1.54) is 6.08 Å². The van der Waals surface area contributed by atoms with Gasteiger partial charge in [0.2, 0.25) is 0 Å². The van der Waals surface area contributed by atoms with E-state index in [0.29, 0.717) is 41.0 Å². The Morgan fingerprint density at radius 1 is 1.15 bits per heavy atom. The molecule has 1 amide bonds. The van der Waals surface area contributed by atoms with E-state index in [9.17, 15) is 10.1 Å². The highest BCUT2D eigenvalue weighted by atomic mass is 127. The second kappa shape index (κ2) is 11.7. The minimum absolute atomic E-state index is 0.0532. The number of carbonyl (C=O) groups excluding carboxylic acids is 1. The quantitative estimate of drug-likeness (QED) is 0.184. The summed E-state index contributed by atoms with van der Waals surface area (Å²) in [6.07, 6.45) is 1.47. The molecular formula is C26H22ClIN2O3. The van der Waals surface area contributed by atoms with Crippen LogP contribution in [0.1, 0.15) is 23.6 Å². The molecule has 0 aliphatic heterocycles. The molecule has 0 bridgehead atoms. The Kier molecular flexibility index (Phi) is 8.75. The Labute approximate surface area is 212 Å². The first kappa shape index (κ1) is 24.6. The average molecular weight is 573 g/mol. The number of nitrogens with zero attached hydrogens (tertiary/aromatic N) is 1. The molecule has 0 saturated carbocycles. The Hall–Kier alpha value is -3.02. The molecule has 0 aromatic heterocycles. The molecule has 3 aromatic rings. The van der Waals surface area contributed by atoms with Gasteiger partial charge in [-0.05, 0) is 95.6 Å². The second-order valence-corrected chi connectivity index (χ2v) is 8.82. The summed E-state index contributed by atoms with van der Waals surface area (Å²) in [4.78, 5) is 12.6. The average Bonchev–Trinajstić information content (AvgIpc) is 2.78. The summed E-state index contributed by atoms with van der Waals surface area (Å²) in [6.45, 7) is 4.52. The van der Waals surface area contributed by atoms with Gasteiger partial charge in [-0.3, -0.25) is 4.79 Å². The summed E-state index contributed by atoms with van der Waals surface area (Å²) < 4.78 is 12.8. The molecular weight excluding hydrogens is 551 g/mol. The van der Waals surface area contributed by atoms with Gasteiger partial charge in [-0.2, -0.15) is 5.26 Å². The van der Waals surface area contributed by atoms with Gasteiger partial charge in [0.1, 0.15) is 18.2 Å². The highest BCUT2D eigenvalue weighted by molar-refractivity contribution is 14.1. The van der Waals surface area contributed by atoms with E-state index in [0.717, 1.165) is 14.7 Å². The number of hydrogen-bond donors (Lipinski definition) is 1. The lowest BCUT2D eigenvalue weighted by Crippen LogP contribution is -2.13. The SMILES string of the molecule is CCOc1cc(/C=C(\C#N)C(=O)Nc2cccc(C)c2)cc(Cl)c1OCc1ccc(I)cc1. The van der Waals surface area contributed by atoms with Crippen LogP contribution in [0.25, 0.3) is 6.08 Å². The number of hydrogen-bond acceptors (Lipinski definition) is 4. The van der Waals surface area contributed by atoms with Gasteiger partial charge in [0.05, 0.1) is 11.6 Å². The Morgan fingerprint density at radius 3 is 2.58 bits per heavy atom. The number of ether oxygens (including phenoxy) is 2. The molecule has 0 spiro atoms. The standard InChI is InChI=1S/C26H22ClIN2O3/c1-3-32-24-14-19(12-20(15-29)26(31)30-22-6-4-5-17(2)11-22)13-23(27)25(24)33-16-18-7-9-21(28)10-8-18/h4-14H,3,16H2,1-2H3,(H,30,31)/b20-12+. The van der Waals surface area contributed by atoms with E-state index in [2.05, 4.69) is 27.9 Å². The van der Waals surface area contributed by atoms with Crippen LogP contribution in [0.5, 0.6) is 11.5 Å². The highest BCUT2D eigenvalue weighted by Crippen LogP contribution is 2.38. The molecule has 0 aliphatic rings. The third-order valence-corrected chi connectivity index (χ3v) is 5.58. The van der Waals surface area contributed by atoms with E-state index < -0.39 is 5.91 Å². The minimum atomic E-state index is -0.504. The van der Waals surface area contributed by atoms with Crippen molar-refractivity contribution in [2.24, 2.45) is 0 Å². The van der Waals surface area contributed by atoms with E-state index >= 15 is 0 Å². The molecule has 0 atom stereocenters. The number of anilines is 1. The van der Waals surface area contributed by atoms with E-state index in [4.69, 9.17) is 21.1 Å². The van der Waals surface area contributed by atoms with E-state index in [1.54, 1.807) is 18.2 Å². The maximum absolute atomic E-state index is 12.6. The third-order valence-electron chi connectivity index (χ3n) is 4.58. The summed E-state index contributed by atoms with van der Waals surface area (Å²) in [6, 6.07) is 20.6. The molecule has 0 fully saturated rings. The van der Waals surface area contributed by atoms with Crippen molar-refractivity contribution in [2.45, 2.75) is 20.5 Å². The lowest BCUT2D eigenvalue weighted by molar-refractivity contribution is -0.112. The van der Waals surface area contributed by atoms with Crippen LogP contribution in [-0.2, 0) is 11.4 Å². The van der Waals surface area contributed by atoms with Gasteiger partial charge < -0.3 is 14.8 Å². The van der Waals surface area contributed by atoms with Gasteiger partial charge in [-0.15, -0.1) is 0 Å². The van der Waals surface area contributed by atoms with Gasteiger partial charge >= 0.3 is 0 Å². The van der Waals surface area contributed by atoms with Gasteiger partial charge in [-0.1, -0.05) is 35.9 Å². The summed E-state index contributed by atoms with van der Waals surface area (Å²) in [7, 11) is 0. The molecule has 7 heteroatoms. The third kappa shape index (κ3) is 6.98. The predicted octanol–water partition coefficient (Wildman–Crippen LogP) is 6.78. The number of carbonyl (C=O) groups is 1. The topological polar surface area (TPSA) is 71.3 Å². The number of benzene rings is 3. The van der Waals surface area contributed by atoms with Crippen molar-refractivity contribution in [3.8, 4) is 17.6 Å². The summed E-state index contributed by atoms with van der Waals surface area (Å²) in [5.74, 6) is 0.353. The molecule has 0 aliphatic carbocycles. The van der Waals surface area contributed by atoms with Crippen LogP contribution in [0.3, 0.4) is 0 Å². The van der Waals surface area contributed by atoms with Crippen LogP contribution < -0.4 is 14.8 Å². The van der Waals surface area contributed by atoms with Gasteiger partial charge in [0.15, 0.2) is 11.5 Å². The lowest BCUT2D eigenvalue weighted by Gasteiger charge is -2.15. The summed E-state index contributed by atoms with van der Waals surface area (Å²) in [5, 5.41) is 12.6. The fourth-order valence-corrected chi connectivity index (χ4v) is 3.68. The Bertz CT molecular complexity index is 1220. The van der Waals surface area contributed by atoms with Crippen molar-refractivity contribution in [2.75, 3.05) is 11.9 Å². The molecule has 5 nitrogen and oxygen atoms in total. The molecule has 0 unspecified atom stereocenters. The molecule has 33 heavy (non-hydrogen) atoms. The molecule has 0 heterocycles. The second-order valence-electron chi connectivity index (χ2n) is 7.17. The molecule has 0 radical (unpaired) electrons. The first-order chi connectivity index (χ1) is 15.9. The Morgan fingerprint density at radius 2 is 1.91 bits per heavy atom. The predicted molar refractivity (Wildman–Crippen MR) is 140 cm³/mol. The van der Waals surface area contributed by atoms with Gasteiger partial charge in [-0.25, -0.2) is 0 Å². The van der Waals surface area contributed by atoms with Crippen molar-refractivity contribution in [3.05, 3.63) is 91.5 Å². The monoisotopic (exact) mass is 572 g/mol. The summed E-state index contributed by atoms with van der Waals surface area (Å²) in [5.41, 5.74) is 3.12. The van der Waals surface area contributed by atoms with Crippen LogP contribution in [0.15, 0.2) is 66.2 Å². The van der Waals surface area contributed by atoms with Crippen molar-refractivity contribution < 1.29 is 14.3 Å². The molecule has 1 N–H and O–H groups in total. The molecule has 0 saturated heterocycles. The van der Waals surface area contributed by atoms with E-state index in [1.807, 2.05) is 62.4 Å². The van der Waals surface area contributed by atoms with Gasteiger partial charge in [0, 0.05) is 9.26 Å². The first-order valence-corrected chi connectivity index (χ1v) is 11.7. The smallest absolute Gasteiger partial charge is 0.266 e. The number of amides is 1. The van der Waals surface area contributed by atoms with Crippen LogP contribution in [0.4, 0.5) is 5.69 Å². The van der Waals surface area contributed by atoms with Crippen LogP contribution >= 0.6 is 34.2 Å². The van der Waals surface area contributed by atoms with E-state index in [-0.39, 0.29) is 5.57 Å². The summed E-state index contributed by atoms with van der Waals surface area (Å²) >= 11 is 8.74. The van der Waals surface area contributed by atoms with Crippen LogP contribution in [0, 0.1) is 21.8 Å². The normalized spacial score (nSPS) is 10.9. The van der Waals surface area contributed by atoms with Crippen molar-refractivity contribution in [3.63, 3.8) is 0 Å². The number of rotatable bonds is 8. The Balaban J connectivity index is 1.84. The van der Waals surface area contributed by atoms with Crippen LogP contribution in [-0.4, -0.2) is 12.5 Å². The first-order valence-electron chi connectivity index (χ1n) is 10.2. The number of nitriles is 1. The number of halogens is 2. The molecule has 168 valence electrons. The van der Waals surface area contributed by atoms with Crippen molar-refractivity contribution in [1.82, 2.24) is 0 Å². The molecule has 3 rings (SSSR count). The van der Waals surface area contributed by atoms with Crippen molar-refractivity contribution >= 4 is 51.9 Å². The minimum Gasteiger partial charge on any atom is -0.490 e. The number of aryl methyl sites for hydroxylation is 1. The lowest BCUT2D eigenvalue weighted by atomic mass is 10.1. The fourth-order valence-electron chi connectivity index (χ4n) is 3.05. The van der Waals surface area contributed by atoms with Gasteiger partial charge in [0.25, 0.3) is 5.91 Å². The fraction of sp³-hybridized carbons (Fsp3) is 0.154. The highest BCUT2D eigenvalue weighted by Gasteiger charge is 2.15. The largest absolute Gasteiger partial charge is 0.490 e. The number of nitrogens with one attached hydrogen (secondary N) is 1. The van der Waals surface area contributed by atoms with Crippen molar-refractivity contribution in [1.29, 1.82) is 5.26 Å². The zero-order valence-corrected chi connectivity index (χ0v) is 21.1.